The van der Waals surface area contributed by atoms with Gasteiger partial charge >= 0.3 is 0 Å². The molecule has 72 valence electrons. The van der Waals surface area contributed by atoms with Crippen LogP contribution < -0.4 is 5.32 Å². The monoisotopic (exact) mass is 201 g/mol. The average Bonchev–Trinajstić information content (AvgIpc) is 1.95. The lowest BCUT2D eigenvalue weighted by Gasteiger charge is -2.29. The summed E-state index contributed by atoms with van der Waals surface area (Å²) < 4.78 is 13.1. The van der Waals surface area contributed by atoms with Gasteiger partial charge in [-0.15, -0.1) is 12.4 Å². The smallest absolute Gasteiger partial charge is 0.126 e. The summed E-state index contributed by atoms with van der Waals surface area (Å²) in [4.78, 5) is 0. The predicted molar refractivity (Wildman–Crippen MR) is 53.7 cm³/mol. The van der Waals surface area contributed by atoms with Gasteiger partial charge in [0.2, 0.25) is 0 Å². The number of nitrogens with one attached hydrogen (secondary N) is 1. The normalized spacial score (nSPS) is 20.3. The first kappa shape index (κ1) is 10.5. The lowest BCUT2D eigenvalue weighted by atomic mass is 9.94. The van der Waals surface area contributed by atoms with Gasteiger partial charge in [-0.2, -0.15) is 0 Å². The van der Waals surface area contributed by atoms with E-state index >= 15 is 0 Å². The second-order valence-corrected chi connectivity index (χ2v) is 3.25. The molecule has 0 amide bonds. The van der Waals surface area contributed by atoms with Crippen molar-refractivity contribution < 1.29 is 4.39 Å². The van der Waals surface area contributed by atoms with Crippen molar-refractivity contribution in [3.63, 3.8) is 0 Å². The fourth-order valence-corrected chi connectivity index (χ4v) is 1.56. The van der Waals surface area contributed by atoms with Crippen LogP contribution in [0.15, 0.2) is 18.2 Å². The van der Waals surface area contributed by atoms with Gasteiger partial charge in [-0.05, 0) is 37.1 Å². The van der Waals surface area contributed by atoms with E-state index in [1.165, 1.54) is 6.07 Å². The van der Waals surface area contributed by atoms with Crippen LogP contribution in [-0.2, 0) is 0 Å². The van der Waals surface area contributed by atoms with Gasteiger partial charge in [0.1, 0.15) is 5.82 Å². The Bertz CT molecular complexity index is 297. The highest BCUT2D eigenvalue weighted by Crippen LogP contribution is 2.26. The maximum absolute atomic E-state index is 13.1. The molecule has 3 heteroatoms. The van der Waals surface area contributed by atoms with Crippen molar-refractivity contribution in [2.75, 3.05) is 6.54 Å². The summed E-state index contributed by atoms with van der Waals surface area (Å²) in [6, 6.07) is 5.67. The molecule has 1 N–H and O–H groups in total. The van der Waals surface area contributed by atoms with E-state index in [1.54, 1.807) is 6.07 Å². The molecule has 1 fully saturated rings. The summed E-state index contributed by atoms with van der Waals surface area (Å²) in [6.45, 7) is 2.89. The maximum atomic E-state index is 13.1. The quantitative estimate of drug-likeness (QED) is 0.737. The van der Waals surface area contributed by atoms with Crippen molar-refractivity contribution >= 4 is 12.4 Å². The Kier molecular flexibility index (Phi) is 3.28. The third-order valence-electron chi connectivity index (χ3n) is 2.51. The van der Waals surface area contributed by atoms with E-state index in [-0.39, 0.29) is 18.2 Å². The largest absolute Gasteiger partial charge is 0.310 e. The van der Waals surface area contributed by atoms with Crippen LogP contribution in [0.2, 0.25) is 0 Å². The highest BCUT2D eigenvalue weighted by molar-refractivity contribution is 5.85. The molecule has 0 saturated carbocycles. The molecule has 1 atom stereocenters. The second kappa shape index (κ2) is 4.07. The number of hydrogen-bond donors (Lipinski definition) is 1. The standard InChI is InChI=1S/C10H12FN.ClH/c1-7-8(10-5-6-12-10)3-2-4-9(7)11;/h2-4,10,12H,5-6H2,1H3;1H/t10-;/m1./s1. The van der Waals surface area contributed by atoms with Gasteiger partial charge in [-0.3, -0.25) is 0 Å². The molecule has 0 aromatic heterocycles. The van der Waals surface area contributed by atoms with Crippen molar-refractivity contribution in [1.82, 2.24) is 5.32 Å². The van der Waals surface area contributed by atoms with E-state index in [1.807, 2.05) is 13.0 Å². The van der Waals surface area contributed by atoms with Gasteiger partial charge in [-0.1, -0.05) is 12.1 Å². The van der Waals surface area contributed by atoms with Crippen LogP contribution in [0.1, 0.15) is 23.6 Å². The van der Waals surface area contributed by atoms with E-state index in [0.29, 0.717) is 6.04 Å². The lowest BCUT2D eigenvalue weighted by molar-refractivity contribution is 0.380. The molecule has 1 nitrogen and oxygen atoms in total. The molecule has 1 heterocycles. The summed E-state index contributed by atoms with van der Waals surface area (Å²) in [5.41, 5.74) is 1.90. The van der Waals surface area contributed by atoms with Crippen LogP contribution in [0.3, 0.4) is 0 Å². The Hall–Kier alpha value is -0.600. The summed E-state index contributed by atoms with van der Waals surface area (Å²) in [6.07, 6.45) is 1.13. The van der Waals surface area contributed by atoms with Gasteiger partial charge in [-0.25, -0.2) is 4.39 Å². The van der Waals surface area contributed by atoms with E-state index in [0.717, 1.165) is 24.1 Å². The number of hydrogen-bond acceptors (Lipinski definition) is 1. The third kappa shape index (κ3) is 1.84. The van der Waals surface area contributed by atoms with Crippen LogP contribution in [0.25, 0.3) is 0 Å². The minimum absolute atomic E-state index is 0. The minimum Gasteiger partial charge on any atom is -0.310 e. The molecule has 2 rings (SSSR count). The molecule has 1 saturated heterocycles. The highest BCUT2D eigenvalue weighted by Gasteiger charge is 2.20. The Morgan fingerprint density at radius 3 is 2.69 bits per heavy atom. The van der Waals surface area contributed by atoms with Crippen molar-refractivity contribution in [1.29, 1.82) is 0 Å². The molecule has 0 bridgehead atoms. The van der Waals surface area contributed by atoms with Crippen molar-refractivity contribution in [2.24, 2.45) is 0 Å². The van der Waals surface area contributed by atoms with Gasteiger partial charge in [0.15, 0.2) is 0 Å². The molecular weight excluding hydrogens is 189 g/mol. The molecule has 0 spiro atoms. The van der Waals surface area contributed by atoms with Crippen molar-refractivity contribution in [3.05, 3.63) is 35.1 Å². The number of halogens is 2. The Morgan fingerprint density at radius 1 is 1.46 bits per heavy atom. The van der Waals surface area contributed by atoms with Crippen LogP contribution in [-0.4, -0.2) is 6.54 Å². The molecule has 1 aromatic carbocycles. The summed E-state index contributed by atoms with van der Waals surface area (Å²) in [7, 11) is 0. The van der Waals surface area contributed by atoms with Crippen LogP contribution in [0, 0.1) is 12.7 Å². The molecule has 1 aromatic rings. The first-order valence-corrected chi connectivity index (χ1v) is 4.27. The zero-order valence-electron chi connectivity index (χ0n) is 7.51. The van der Waals surface area contributed by atoms with E-state index in [2.05, 4.69) is 5.32 Å². The molecular formula is C10H13ClFN. The van der Waals surface area contributed by atoms with Crippen LogP contribution in [0.4, 0.5) is 4.39 Å². The fraction of sp³-hybridized carbons (Fsp3) is 0.400. The molecule has 1 aliphatic rings. The van der Waals surface area contributed by atoms with Crippen molar-refractivity contribution in [3.8, 4) is 0 Å². The number of rotatable bonds is 1. The van der Waals surface area contributed by atoms with E-state index in [9.17, 15) is 4.39 Å². The second-order valence-electron chi connectivity index (χ2n) is 3.25. The van der Waals surface area contributed by atoms with E-state index in [4.69, 9.17) is 0 Å². The minimum atomic E-state index is -0.0961. The topological polar surface area (TPSA) is 12.0 Å². The van der Waals surface area contributed by atoms with Crippen LogP contribution >= 0.6 is 12.4 Å². The third-order valence-corrected chi connectivity index (χ3v) is 2.51. The predicted octanol–water partition coefficient (Wildman–Crippen LogP) is 2.59. The highest BCUT2D eigenvalue weighted by atomic mass is 35.5. The SMILES string of the molecule is Cc1c(F)cccc1[C@H]1CCN1.Cl. The van der Waals surface area contributed by atoms with E-state index < -0.39 is 0 Å². The lowest BCUT2D eigenvalue weighted by Crippen LogP contribution is -2.35. The van der Waals surface area contributed by atoms with Crippen molar-refractivity contribution in [2.45, 2.75) is 19.4 Å². The Morgan fingerprint density at radius 2 is 2.15 bits per heavy atom. The summed E-state index contributed by atoms with van der Waals surface area (Å²) in [5, 5.41) is 3.26. The zero-order valence-corrected chi connectivity index (χ0v) is 8.33. The fourth-order valence-electron chi connectivity index (χ4n) is 1.56. The maximum Gasteiger partial charge on any atom is 0.126 e. The Balaban J connectivity index is 0.000000845. The number of benzene rings is 1. The first-order valence-electron chi connectivity index (χ1n) is 4.27. The molecule has 0 radical (unpaired) electrons. The first-order chi connectivity index (χ1) is 5.79. The zero-order chi connectivity index (χ0) is 8.55. The van der Waals surface area contributed by atoms with Gasteiger partial charge < -0.3 is 5.32 Å². The van der Waals surface area contributed by atoms with Crippen LogP contribution in [0.5, 0.6) is 0 Å². The molecule has 1 aliphatic heterocycles. The molecule has 0 aliphatic carbocycles. The van der Waals surface area contributed by atoms with Gasteiger partial charge in [0.05, 0.1) is 0 Å². The summed E-state index contributed by atoms with van der Waals surface area (Å²) in [5.74, 6) is -0.0961. The average molecular weight is 202 g/mol. The molecule has 13 heavy (non-hydrogen) atoms. The molecule has 0 unspecified atom stereocenters. The van der Waals surface area contributed by atoms with Gasteiger partial charge in [0, 0.05) is 6.04 Å². The summed E-state index contributed by atoms with van der Waals surface area (Å²) >= 11 is 0. The van der Waals surface area contributed by atoms with Gasteiger partial charge in [0.25, 0.3) is 0 Å². The Labute approximate surface area is 83.8 Å².